The highest BCUT2D eigenvalue weighted by Crippen LogP contribution is 2.20. The molecule has 0 aliphatic rings. The first-order chi connectivity index (χ1) is 7.95. The van der Waals surface area contributed by atoms with Crippen LogP contribution in [0, 0.1) is 12.8 Å². The SMILES string of the molecule is COC(=O)C(C)C(C)NC(C)c1ncc(C)s1. The standard InChI is InChI=1S/C12H20N2O2S/c1-7-6-13-11(17-7)10(4)14-9(3)8(2)12(15)16-5/h6,8-10,14H,1-5H3. The van der Waals surface area contributed by atoms with Gasteiger partial charge in [-0.1, -0.05) is 6.92 Å². The first-order valence-electron chi connectivity index (χ1n) is 5.72. The molecule has 0 saturated heterocycles. The van der Waals surface area contributed by atoms with E-state index in [1.807, 2.05) is 27.0 Å². The number of carbonyl (C=O) groups is 1. The fourth-order valence-corrected chi connectivity index (χ4v) is 2.36. The molecule has 17 heavy (non-hydrogen) atoms. The lowest BCUT2D eigenvalue weighted by Crippen LogP contribution is -2.38. The highest BCUT2D eigenvalue weighted by atomic mass is 32.1. The van der Waals surface area contributed by atoms with E-state index in [4.69, 9.17) is 4.74 Å². The minimum atomic E-state index is -0.187. The number of carbonyl (C=O) groups excluding carboxylic acids is 1. The van der Waals surface area contributed by atoms with Crippen LogP contribution in [0.15, 0.2) is 6.20 Å². The number of nitrogens with zero attached hydrogens (tertiary/aromatic N) is 1. The molecule has 1 rings (SSSR count). The molecule has 0 amide bonds. The van der Waals surface area contributed by atoms with Gasteiger partial charge in [-0.25, -0.2) is 4.98 Å². The molecule has 0 fully saturated rings. The van der Waals surface area contributed by atoms with E-state index in [1.165, 1.54) is 12.0 Å². The van der Waals surface area contributed by atoms with Crippen molar-refractivity contribution in [3.8, 4) is 0 Å². The van der Waals surface area contributed by atoms with Crippen molar-refractivity contribution in [3.05, 3.63) is 16.1 Å². The number of hydrogen-bond acceptors (Lipinski definition) is 5. The third kappa shape index (κ3) is 3.78. The van der Waals surface area contributed by atoms with Crippen molar-refractivity contribution in [3.63, 3.8) is 0 Å². The lowest BCUT2D eigenvalue weighted by molar-refractivity contribution is -0.145. The third-order valence-electron chi connectivity index (χ3n) is 2.85. The minimum absolute atomic E-state index is 0.0571. The first-order valence-corrected chi connectivity index (χ1v) is 6.53. The highest BCUT2D eigenvalue weighted by Gasteiger charge is 2.23. The Balaban J connectivity index is 2.56. The number of methoxy groups -OCH3 is 1. The maximum Gasteiger partial charge on any atom is 0.309 e. The highest BCUT2D eigenvalue weighted by molar-refractivity contribution is 7.11. The van der Waals surface area contributed by atoms with Crippen LogP contribution in [0.1, 0.15) is 36.7 Å². The third-order valence-corrected chi connectivity index (χ3v) is 3.94. The van der Waals surface area contributed by atoms with Gasteiger partial charge in [0.2, 0.25) is 0 Å². The van der Waals surface area contributed by atoms with Gasteiger partial charge in [0, 0.05) is 17.1 Å². The number of aromatic nitrogens is 1. The number of thiazole rings is 1. The summed E-state index contributed by atoms with van der Waals surface area (Å²) in [6.07, 6.45) is 1.87. The van der Waals surface area contributed by atoms with Crippen LogP contribution in [-0.4, -0.2) is 24.1 Å². The summed E-state index contributed by atoms with van der Waals surface area (Å²) in [5.74, 6) is -0.351. The Labute approximate surface area is 106 Å². The number of aryl methyl sites for hydroxylation is 1. The molecule has 3 unspecified atom stereocenters. The Morgan fingerprint density at radius 1 is 1.47 bits per heavy atom. The first kappa shape index (κ1) is 14.1. The Morgan fingerprint density at radius 3 is 2.59 bits per heavy atom. The van der Waals surface area contributed by atoms with Gasteiger partial charge in [-0.15, -0.1) is 11.3 Å². The Kier molecular flexibility index (Phi) is 5.08. The van der Waals surface area contributed by atoms with Crippen molar-refractivity contribution in [2.75, 3.05) is 7.11 Å². The Morgan fingerprint density at radius 2 is 2.12 bits per heavy atom. The topological polar surface area (TPSA) is 51.2 Å². The molecule has 0 aliphatic carbocycles. The van der Waals surface area contributed by atoms with E-state index in [1.54, 1.807) is 11.3 Å². The number of rotatable bonds is 5. The van der Waals surface area contributed by atoms with E-state index in [0.29, 0.717) is 0 Å². The van der Waals surface area contributed by atoms with E-state index in [0.717, 1.165) is 5.01 Å². The molecule has 1 aromatic rings. The van der Waals surface area contributed by atoms with Crippen molar-refractivity contribution in [1.29, 1.82) is 0 Å². The smallest absolute Gasteiger partial charge is 0.309 e. The van der Waals surface area contributed by atoms with Gasteiger partial charge in [0.15, 0.2) is 0 Å². The van der Waals surface area contributed by atoms with E-state index < -0.39 is 0 Å². The molecule has 4 nitrogen and oxygen atoms in total. The van der Waals surface area contributed by atoms with Crippen molar-refractivity contribution in [1.82, 2.24) is 10.3 Å². The second kappa shape index (κ2) is 6.12. The molecule has 1 N–H and O–H groups in total. The van der Waals surface area contributed by atoms with Gasteiger partial charge in [0.25, 0.3) is 0 Å². The van der Waals surface area contributed by atoms with Crippen molar-refractivity contribution >= 4 is 17.3 Å². The fourth-order valence-electron chi connectivity index (χ4n) is 1.57. The molecular weight excluding hydrogens is 236 g/mol. The summed E-state index contributed by atoms with van der Waals surface area (Å²) < 4.78 is 4.73. The molecule has 0 radical (unpaired) electrons. The molecule has 0 aliphatic heterocycles. The molecule has 3 atom stereocenters. The van der Waals surface area contributed by atoms with Gasteiger partial charge in [0.05, 0.1) is 19.1 Å². The summed E-state index contributed by atoms with van der Waals surface area (Å²) >= 11 is 1.67. The van der Waals surface area contributed by atoms with Crippen molar-refractivity contribution in [2.45, 2.75) is 39.8 Å². The maximum atomic E-state index is 11.4. The summed E-state index contributed by atoms with van der Waals surface area (Å²) in [6.45, 7) is 7.94. The summed E-state index contributed by atoms with van der Waals surface area (Å²) in [5.41, 5.74) is 0. The predicted molar refractivity (Wildman–Crippen MR) is 69.0 cm³/mol. The van der Waals surface area contributed by atoms with Crippen LogP contribution in [0.3, 0.4) is 0 Å². The van der Waals surface area contributed by atoms with E-state index >= 15 is 0 Å². The molecule has 0 spiro atoms. The van der Waals surface area contributed by atoms with Crippen LogP contribution in [0.2, 0.25) is 0 Å². The number of nitrogens with one attached hydrogen (secondary N) is 1. The number of esters is 1. The number of ether oxygens (including phenoxy) is 1. The zero-order valence-corrected chi connectivity index (χ0v) is 11.8. The van der Waals surface area contributed by atoms with Gasteiger partial charge >= 0.3 is 5.97 Å². The van der Waals surface area contributed by atoms with Crippen LogP contribution >= 0.6 is 11.3 Å². The van der Waals surface area contributed by atoms with Gasteiger partial charge < -0.3 is 10.1 Å². The normalized spacial score (nSPS) is 16.3. The maximum absolute atomic E-state index is 11.4. The van der Waals surface area contributed by atoms with Gasteiger partial charge in [-0.05, 0) is 20.8 Å². The molecule has 1 heterocycles. The average molecular weight is 256 g/mol. The molecule has 0 aromatic carbocycles. The van der Waals surface area contributed by atoms with Gasteiger partial charge in [0.1, 0.15) is 5.01 Å². The molecular formula is C12H20N2O2S. The largest absolute Gasteiger partial charge is 0.469 e. The zero-order chi connectivity index (χ0) is 13.0. The molecule has 1 aromatic heterocycles. The Bertz CT molecular complexity index is 378. The van der Waals surface area contributed by atoms with Crippen LogP contribution in [0.5, 0.6) is 0 Å². The molecule has 0 bridgehead atoms. The molecule has 0 saturated carbocycles. The van der Waals surface area contributed by atoms with Gasteiger partial charge in [-0.3, -0.25) is 4.79 Å². The summed E-state index contributed by atoms with van der Waals surface area (Å²) in [5, 5.41) is 4.42. The van der Waals surface area contributed by atoms with Crippen LogP contribution in [0.4, 0.5) is 0 Å². The van der Waals surface area contributed by atoms with Crippen molar-refractivity contribution in [2.24, 2.45) is 5.92 Å². The number of hydrogen-bond donors (Lipinski definition) is 1. The van der Waals surface area contributed by atoms with E-state index in [-0.39, 0.29) is 24.0 Å². The van der Waals surface area contributed by atoms with E-state index in [9.17, 15) is 4.79 Å². The summed E-state index contributed by atoms with van der Waals surface area (Å²) in [7, 11) is 1.42. The zero-order valence-electron chi connectivity index (χ0n) is 11.0. The lowest BCUT2D eigenvalue weighted by atomic mass is 10.0. The predicted octanol–water partition coefficient (Wildman–Crippen LogP) is 2.30. The quantitative estimate of drug-likeness (QED) is 0.821. The minimum Gasteiger partial charge on any atom is -0.469 e. The monoisotopic (exact) mass is 256 g/mol. The van der Waals surface area contributed by atoms with Crippen molar-refractivity contribution < 1.29 is 9.53 Å². The molecule has 5 heteroatoms. The molecule has 96 valence electrons. The van der Waals surface area contributed by atoms with E-state index in [2.05, 4.69) is 17.2 Å². The lowest BCUT2D eigenvalue weighted by Gasteiger charge is -2.22. The van der Waals surface area contributed by atoms with Crippen LogP contribution in [0.25, 0.3) is 0 Å². The summed E-state index contributed by atoms with van der Waals surface area (Å²) in [4.78, 5) is 16.9. The second-order valence-electron chi connectivity index (χ2n) is 4.30. The van der Waals surface area contributed by atoms with Gasteiger partial charge in [-0.2, -0.15) is 0 Å². The van der Waals surface area contributed by atoms with Crippen LogP contribution in [-0.2, 0) is 9.53 Å². The summed E-state index contributed by atoms with van der Waals surface area (Å²) in [6, 6.07) is 0.206. The second-order valence-corrected chi connectivity index (χ2v) is 5.56. The van der Waals surface area contributed by atoms with Crippen LogP contribution < -0.4 is 5.32 Å². The fraction of sp³-hybridized carbons (Fsp3) is 0.667. The Hall–Kier alpha value is -0.940. The average Bonchev–Trinajstić information content (AvgIpc) is 2.73.